The van der Waals surface area contributed by atoms with Crippen molar-refractivity contribution in [1.82, 2.24) is 0 Å². The summed E-state index contributed by atoms with van der Waals surface area (Å²) in [6, 6.07) is 2.12. The van der Waals surface area contributed by atoms with Crippen molar-refractivity contribution in [2.24, 2.45) is 5.41 Å². The Morgan fingerprint density at radius 2 is 2.36 bits per heavy atom. The fraction of sp³-hybridized carbons (Fsp3) is 0.667. The Morgan fingerprint density at radius 3 is 2.71 bits per heavy atom. The molecule has 0 bridgehead atoms. The van der Waals surface area contributed by atoms with E-state index in [0.29, 0.717) is 12.8 Å². The van der Waals surface area contributed by atoms with Crippen LogP contribution in [0.2, 0.25) is 0 Å². The summed E-state index contributed by atoms with van der Waals surface area (Å²) in [5.74, 6) is 0.0920. The molecule has 3 nitrogen and oxygen atoms in total. The Morgan fingerprint density at radius 1 is 1.71 bits per heavy atom. The number of sulfone groups is 1. The van der Waals surface area contributed by atoms with Crippen LogP contribution in [0.3, 0.4) is 0 Å². The fourth-order valence-corrected chi connectivity index (χ4v) is 3.83. The van der Waals surface area contributed by atoms with Gasteiger partial charge in [-0.2, -0.15) is 5.26 Å². The summed E-state index contributed by atoms with van der Waals surface area (Å²) in [5.41, 5.74) is 1.52. The van der Waals surface area contributed by atoms with Crippen LogP contribution in [-0.4, -0.2) is 19.9 Å². The molecule has 0 saturated carbocycles. The third-order valence-electron chi connectivity index (χ3n) is 2.43. The number of nitrogens with zero attached hydrogens (tertiary/aromatic N) is 1. The minimum absolute atomic E-state index is 0.0292. The highest BCUT2D eigenvalue weighted by atomic mass is 35.5. The van der Waals surface area contributed by atoms with Gasteiger partial charge in [0.2, 0.25) is 0 Å². The van der Waals surface area contributed by atoms with Crippen LogP contribution in [0.1, 0.15) is 19.8 Å². The predicted molar refractivity (Wildman–Crippen MR) is 55.5 cm³/mol. The van der Waals surface area contributed by atoms with Crippen molar-refractivity contribution < 1.29 is 8.42 Å². The highest BCUT2D eigenvalue weighted by molar-refractivity contribution is 7.91. The molecule has 0 aromatic carbocycles. The van der Waals surface area contributed by atoms with Crippen molar-refractivity contribution in [3.63, 3.8) is 0 Å². The third-order valence-corrected chi connectivity index (χ3v) is 4.62. The van der Waals surface area contributed by atoms with Gasteiger partial charge in [-0.15, -0.1) is 0 Å². The first-order valence-corrected chi connectivity index (χ1v) is 6.56. The number of hydrogen-bond acceptors (Lipinski definition) is 3. The smallest absolute Gasteiger partial charge is 0.151 e. The molecule has 0 radical (unpaired) electrons. The Balaban J connectivity index is 2.88. The van der Waals surface area contributed by atoms with E-state index in [1.54, 1.807) is 6.92 Å². The molecule has 0 aliphatic carbocycles. The second-order valence-electron chi connectivity index (χ2n) is 3.87. The molecule has 0 aromatic heterocycles. The molecule has 1 aliphatic rings. The number of nitriles is 1. The van der Waals surface area contributed by atoms with E-state index < -0.39 is 15.3 Å². The Hall–Kier alpha value is -0.530. The fourth-order valence-electron chi connectivity index (χ4n) is 1.76. The van der Waals surface area contributed by atoms with Gasteiger partial charge in [0, 0.05) is 5.54 Å². The Bertz CT molecular complexity index is 394. The standard InChI is InChI=1S/C9H12ClNO2S/c1-8(5-10)4-9(6-11)2-3-14(12,13)7-9/h5H,2-4,7H2,1H3/b8-5+. The topological polar surface area (TPSA) is 57.9 Å². The van der Waals surface area contributed by atoms with E-state index in [2.05, 4.69) is 6.07 Å². The van der Waals surface area contributed by atoms with Crippen molar-refractivity contribution in [2.45, 2.75) is 19.8 Å². The highest BCUT2D eigenvalue weighted by Gasteiger charge is 2.42. The van der Waals surface area contributed by atoms with E-state index in [4.69, 9.17) is 16.9 Å². The van der Waals surface area contributed by atoms with Gasteiger partial charge in [0.25, 0.3) is 0 Å². The zero-order chi connectivity index (χ0) is 10.8. The SMILES string of the molecule is C/C(=C\Cl)CC1(C#N)CCS(=O)(=O)C1. The van der Waals surface area contributed by atoms with Crippen LogP contribution in [0.5, 0.6) is 0 Å². The molecule has 14 heavy (non-hydrogen) atoms. The van der Waals surface area contributed by atoms with Crippen LogP contribution in [0.15, 0.2) is 11.1 Å². The lowest BCUT2D eigenvalue weighted by atomic mass is 9.83. The maximum atomic E-state index is 11.3. The molecule has 0 spiro atoms. The molecule has 1 atom stereocenters. The lowest BCUT2D eigenvalue weighted by molar-refractivity contribution is 0.449. The molecule has 1 saturated heterocycles. The molecular weight excluding hydrogens is 222 g/mol. The summed E-state index contributed by atoms with van der Waals surface area (Å²) >= 11 is 5.50. The van der Waals surface area contributed by atoms with E-state index in [1.165, 1.54) is 5.54 Å². The van der Waals surface area contributed by atoms with Gasteiger partial charge in [0.05, 0.1) is 23.0 Å². The molecule has 78 valence electrons. The average Bonchev–Trinajstić information content (AvgIpc) is 2.42. The summed E-state index contributed by atoms with van der Waals surface area (Å²) in [4.78, 5) is 0. The van der Waals surface area contributed by atoms with Crippen LogP contribution >= 0.6 is 11.6 Å². The molecule has 1 heterocycles. The van der Waals surface area contributed by atoms with E-state index in [-0.39, 0.29) is 11.5 Å². The minimum Gasteiger partial charge on any atom is -0.229 e. The van der Waals surface area contributed by atoms with Gasteiger partial charge >= 0.3 is 0 Å². The van der Waals surface area contributed by atoms with E-state index >= 15 is 0 Å². The molecular formula is C9H12ClNO2S. The second-order valence-corrected chi connectivity index (χ2v) is 6.27. The molecule has 5 heteroatoms. The lowest BCUT2D eigenvalue weighted by Gasteiger charge is -2.18. The summed E-state index contributed by atoms with van der Waals surface area (Å²) < 4.78 is 22.5. The van der Waals surface area contributed by atoms with Gasteiger partial charge in [-0.3, -0.25) is 0 Å². The summed E-state index contributed by atoms with van der Waals surface area (Å²) in [5, 5.41) is 9.01. The van der Waals surface area contributed by atoms with Gasteiger partial charge in [-0.05, 0) is 19.8 Å². The average molecular weight is 234 g/mol. The van der Waals surface area contributed by atoms with Gasteiger partial charge in [-0.1, -0.05) is 17.2 Å². The maximum Gasteiger partial charge on any atom is 0.151 e. The number of halogens is 1. The first kappa shape index (κ1) is 11.5. The second kappa shape index (κ2) is 3.92. The van der Waals surface area contributed by atoms with Crippen LogP contribution < -0.4 is 0 Å². The van der Waals surface area contributed by atoms with Crippen LogP contribution in [-0.2, 0) is 9.84 Å². The largest absolute Gasteiger partial charge is 0.229 e. The summed E-state index contributed by atoms with van der Waals surface area (Å²) in [6.45, 7) is 1.80. The number of rotatable bonds is 2. The quantitative estimate of drug-likeness (QED) is 0.731. The molecule has 1 fully saturated rings. The first-order chi connectivity index (χ1) is 6.43. The normalized spacial score (nSPS) is 31.4. The third kappa shape index (κ3) is 2.49. The first-order valence-electron chi connectivity index (χ1n) is 4.31. The summed E-state index contributed by atoms with van der Waals surface area (Å²) in [6.07, 6.45) is 0.875. The lowest BCUT2D eigenvalue weighted by Crippen LogP contribution is -2.20. The number of allylic oxidation sites excluding steroid dienone is 1. The Labute approximate surface area is 89.3 Å². The van der Waals surface area contributed by atoms with Crippen molar-refractivity contribution >= 4 is 21.4 Å². The molecule has 0 aromatic rings. The zero-order valence-corrected chi connectivity index (χ0v) is 9.53. The van der Waals surface area contributed by atoms with E-state index in [0.717, 1.165) is 5.57 Å². The van der Waals surface area contributed by atoms with Gasteiger partial charge in [0.15, 0.2) is 9.84 Å². The van der Waals surface area contributed by atoms with Crippen LogP contribution in [0.25, 0.3) is 0 Å². The zero-order valence-electron chi connectivity index (χ0n) is 7.96. The maximum absolute atomic E-state index is 11.3. The molecule has 1 rings (SSSR count). The van der Waals surface area contributed by atoms with Crippen molar-refractivity contribution in [2.75, 3.05) is 11.5 Å². The monoisotopic (exact) mass is 233 g/mol. The van der Waals surface area contributed by atoms with Crippen LogP contribution in [0, 0.1) is 16.7 Å². The van der Waals surface area contributed by atoms with Crippen LogP contribution in [0.4, 0.5) is 0 Å². The minimum atomic E-state index is -3.01. The van der Waals surface area contributed by atoms with Crippen molar-refractivity contribution in [3.8, 4) is 6.07 Å². The van der Waals surface area contributed by atoms with Crippen molar-refractivity contribution in [3.05, 3.63) is 11.1 Å². The van der Waals surface area contributed by atoms with Gasteiger partial charge in [0.1, 0.15) is 0 Å². The van der Waals surface area contributed by atoms with E-state index in [9.17, 15) is 8.42 Å². The molecule has 0 amide bonds. The van der Waals surface area contributed by atoms with Crippen molar-refractivity contribution in [1.29, 1.82) is 5.26 Å². The number of hydrogen-bond donors (Lipinski definition) is 0. The molecule has 0 N–H and O–H groups in total. The molecule has 1 aliphatic heterocycles. The summed E-state index contributed by atoms with van der Waals surface area (Å²) in [7, 11) is -3.01. The predicted octanol–water partition coefficient (Wildman–Crippen LogP) is 1.85. The Kier molecular flexibility index (Phi) is 3.23. The highest BCUT2D eigenvalue weighted by Crippen LogP contribution is 2.37. The van der Waals surface area contributed by atoms with Gasteiger partial charge in [-0.25, -0.2) is 8.42 Å². The van der Waals surface area contributed by atoms with Gasteiger partial charge < -0.3 is 0 Å². The molecule has 1 unspecified atom stereocenters. The van der Waals surface area contributed by atoms with E-state index in [1.807, 2.05) is 0 Å².